The molecule has 0 aliphatic heterocycles. The van der Waals surface area contributed by atoms with Crippen LogP contribution >= 0.6 is 0 Å². The molecule has 4 N–H and O–H groups in total. The average molecular weight is 697 g/mol. The molecule has 0 aromatic carbocycles. The van der Waals surface area contributed by atoms with E-state index >= 15 is 0 Å². The van der Waals surface area contributed by atoms with Gasteiger partial charge in [0.05, 0.1) is 24.4 Å². The van der Waals surface area contributed by atoms with Crippen LogP contribution in [0.5, 0.6) is 0 Å². The SMILES string of the molecule is CCCCC[C@@H](O)/C=C/[C@@H]1[C@H]2CC(CCCCC(C)=O)=C[C@H]2C[C@H]1O.CCCCC[C@@H](O)/C=C/[C@H]1[C@@H]2CC(CCCCC(C)=O)=C[C@@H]2C[C@@H]1O. The summed E-state index contributed by atoms with van der Waals surface area (Å²) >= 11 is 0. The van der Waals surface area contributed by atoms with E-state index in [1.165, 1.54) is 36.8 Å². The molecule has 0 aromatic rings. The highest BCUT2D eigenvalue weighted by molar-refractivity contribution is 5.75. The molecule has 0 bridgehead atoms. The van der Waals surface area contributed by atoms with Gasteiger partial charge in [0, 0.05) is 24.7 Å². The Kier molecular flexibility index (Phi) is 19.5. The van der Waals surface area contributed by atoms with Crippen LogP contribution in [0.1, 0.15) is 156 Å². The maximum Gasteiger partial charge on any atom is 0.129 e. The van der Waals surface area contributed by atoms with Crippen LogP contribution in [0, 0.1) is 35.5 Å². The molecule has 4 rings (SSSR count). The van der Waals surface area contributed by atoms with Crippen LogP contribution < -0.4 is 0 Å². The van der Waals surface area contributed by atoms with Gasteiger partial charge in [-0.3, -0.25) is 0 Å². The first-order valence-corrected chi connectivity index (χ1v) is 20.5. The Bertz CT molecular complexity index is 1050. The van der Waals surface area contributed by atoms with Gasteiger partial charge < -0.3 is 30.0 Å². The topological polar surface area (TPSA) is 115 Å². The predicted octanol–water partition coefficient (Wildman–Crippen LogP) is 9.15. The van der Waals surface area contributed by atoms with Gasteiger partial charge in [-0.05, 0) is 115 Å². The molecule has 0 saturated heterocycles. The van der Waals surface area contributed by atoms with Gasteiger partial charge in [-0.2, -0.15) is 0 Å². The standard InChI is InChI=1S/2C22H36O3/c2*1-3-4-5-10-19(24)11-12-20-21-14-17(9-7-6-8-16(2)23)13-18(21)15-22(20)25/h2*11-13,18-22,24-25H,3-10,14-15H2,1-2H3/b2*12-11+/t18-,19+,20+,21-,22+;18-,19-,20+,21-,22+/m01/s1. The molecule has 0 amide bonds. The Labute approximate surface area is 304 Å². The van der Waals surface area contributed by atoms with Crippen LogP contribution in [0.2, 0.25) is 0 Å². The number of aliphatic hydroxyl groups is 4. The molecule has 2 saturated carbocycles. The Morgan fingerprint density at radius 3 is 1.42 bits per heavy atom. The van der Waals surface area contributed by atoms with Crippen molar-refractivity contribution in [2.45, 2.75) is 181 Å². The summed E-state index contributed by atoms with van der Waals surface area (Å²) in [5, 5.41) is 41.0. The first kappa shape index (κ1) is 42.6. The minimum atomic E-state index is -0.377. The summed E-state index contributed by atoms with van der Waals surface area (Å²) in [7, 11) is 0. The molecule has 6 nitrogen and oxygen atoms in total. The highest BCUT2D eigenvalue weighted by atomic mass is 16.3. The molecule has 50 heavy (non-hydrogen) atoms. The maximum absolute atomic E-state index is 11.0. The fraction of sp³-hybridized carbons (Fsp3) is 0.773. The molecule has 0 aromatic heterocycles. The van der Waals surface area contributed by atoms with Gasteiger partial charge in [0.1, 0.15) is 11.6 Å². The van der Waals surface area contributed by atoms with Crippen LogP contribution in [0.4, 0.5) is 0 Å². The number of rotatable bonds is 22. The summed E-state index contributed by atoms with van der Waals surface area (Å²) in [5.41, 5.74) is 3.01. The van der Waals surface area contributed by atoms with Crippen LogP contribution in [-0.2, 0) is 9.59 Å². The number of unbranched alkanes of at least 4 members (excludes halogenated alkanes) is 6. The van der Waals surface area contributed by atoms with Crippen molar-refractivity contribution < 1.29 is 30.0 Å². The van der Waals surface area contributed by atoms with Crippen LogP contribution in [0.3, 0.4) is 0 Å². The van der Waals surface area contributed by atoms with Crippen molar-refractivity contribution in [2.75, 3.05) is 0 Å². The number of Topliss-reactive ketones (excluding diaryl/α,β-unsaturated/α-hetero) is 2. The zero-order valence-corrected chi connectivity index (χ0v) is 32.0. The second kappa shape index (κ2) is 22.9. The lowest BCUT2D eigenvalue weighted by Gasteiger charge is -2.19. The predicted molar refractivity (Wildman–Crippen MR) is 204 cm³/mol. The van der Waals surface area contributed by atoms with E-state index < -0.39 is 0 Å². The molecule has 10 atom stereocenters. The molecule has 4 aliphatic rings. The van der Waals surface area contributed by atoms with Gasteiger partial charge >= 0.3 is 0 Å². The van der Waals surface area contributed by atoms with Gasteiger partial charge in [-0.15, -0.1) is 0 Å². The van der Waals surface area contributed by atoms with Crippen molar-refractivity contribution >= 4 is 11.6 Å². The molecule has 2 fully saturated rings. The quantitative estimate of drug-likeness (QED) is 0.0663. The summed E-state index contributed by atoms with van der Waals surface area (Å²) in [6, 6.07) is 0. The smallest absolute Gasteiger partial charge is 0.129 e. The van der Waals surface area contributed by atoms with E-state index in [9.17, 15) is 30.0 Å². The number of carbonyl (C=O) groups excluding carboxylic acids is 2. The molecule has 6 heteroatoms. The number of fused-ring (bicyclic) bond motifs is 2. The number of ketones is 2. The van der Waals surface area contributed by atoms with Crippen LogP contribution in [0.25, 0.3) is 0 Å². The lowest BCUT2D eigenvalue weighted by molar-refractivity contribution is -0.117. The molecule has 0 heterocycles. The zero-order valence-electron chi connectivity index (χ0n) is 32.0. The van der Waals surface area contributed by atoms with E-state index in [0.29, 0.717) is 36.5 Å². The molecule has 4 aliphatic carbocycles. The van der Waals surface area contributed by atoms with Crippen molar-refractivity contribution in [3.63, 3.8) is 0 Å². The third-order valence-corrected chi connectivity index (χ3v) is 11.8. The minimum absolute atomic E-state index is 0.178. The van der Waals surface area contributed by atoms with E-state index in [2.05, 4.69) is 38.2 Å². The third kappa shape index (κ3) is 14.6. The summed E-state index contributed by atoms with van der Waals surface area (Å²) in [6.07, 6.45) is 31.4. The highest BCUT2D eigenvalue weighted by Gasteiger charge is 2.44. The maximum atomic E-state index is 11.0. The number of hydrogen-bond acceptors (Lipinski definition) is 6. The molecular formula is C44H72O6. The Balaban J connectivity index is 0.000000270. The Hall–Kier alpha value is -1.86. The van der Waals surface area contributed by atoms with E-state index in [4.69, 9.17) is 0 Å². The van der Waals surface area contributed by atoms with Crippen molar-refractivity contribution in [2.24, 2.45) is 35.5 Å². The second-order valence-electron chi connectivity index (χ2n) is 16.2. The summed E-state index contributed by atoms with van der Waals surface area (Å²) in [5.74, 6) is 2.89. The summed E-state index contributed by atoms with van der Waals surface area (Å²) in [4.78, 5) is 22.0. The van der Waals surface area contributed by atoms with Crippen LogP contribution in [0.15, 0.2) is 47.6 Å². The highest BCUT2D eigenvalue weighted by Crippen LogP contribution is 2.49. The van der Waals surface area contributed by atoms with Gasteiger partial charge in [0.25, 0.3) is 0 Å². The van der Waals surface area contributed by atoms with Crippen molar-refractivity contribution in [1.82, 2.24) is 0 Å². The molecule has 0 radical (unpaired) electrons. The average Bonchev–Trinajstić information content (AvgIpc) is 3.79. The molecule has 0 spiro atoms. The van der Waals surface area contributed by atoms with E-state index in [1.54, 1.807) is 13.8 Å². The largest absolute Gasteiger partial charge is 0.392 e. The lowest BCUT2D eigenvalue weighted by atomic mass is 9.88. The van der Waals surface area contributed by atoms with E-state index in [-0.39, 0.29) is 47.8 Å². The number of hydrogen-bond donors (Lipinski definition) is 4. The fourth-order valence-corrected chi connectivity index (χ4v) is 8.95. The Morgan fingerprint density at radius 1 is 0.660 bits per heavy atom. The number of carbonyl (C=O) groups is 2. The first-order chi connectivity index (χ1) is 24.0. The summed E-state index contributed by atoms with van der Waals surface area (Å²) < 4.78 is 0. The molecule has 0 unspecified atom stereocenters. The van der Waals surface area contributed by atoms with Crippen molar-refractivity contribution in [3.05, 3.63) is 47.6 Å². The van der Waals surface area contributed by atoms with Crippen LogP contribution in [-0.4, -0.2) is 56.4 Å². The second-order valence-corrected chi connectivity index (χ2v) is 16.2. The summed E-state index contributed by atoms with van der Waals surface area (Å²) in [6.45, 7) is 7.66. The molecule has 284 valence electrons. The number of aliphatic hydroxyl groups excluding tert-OH is 4. The fourth-order valence-electron chi connectivity index (χ4n) is 8.95. The van der Waals surface area contributed by atoms with Crippen molar-refractivity contribution in [1.29, 1.82) is 0 Å². The monoisotopic (exact) mass is 697 g/mol. The van der Waals surface area contributed by atoms with Crippen molar-refractivity contribution in [3.8, 4) is 0 Å². The number of allylic oxidation sites excluding steroid dienone is 4. The first-order valence-electron chi connectivity index (χ1n) is 20.5. The lowest BCUT2D eigenvalue weighted by Crippen LogP contribution is -2.18. The molecular weight excluding hydrogens is 624 g/mol. The Morgan fingerprint density at radius 2 is 1.06 bits per heavy atom. The van der Waals surface area contributed by atoms with E-state index in [1.807, 2.05) is 12.2 Å². The van der Waals surface area contributed by atoms with Gasteiger partial charge in [-0.25, -0.2) is 0 Å². The van der Waals surface area contributed by atoms with Gasteiger partial charge in [-0.1, -0.05) is 100.0 Å². The minimum Gasteiger partial charge on any atom is -0.392 e. The van der Waals surface area contributed by atoms with E-state index in [0.717, 1.165) is 89.9 Å². The normalized spacial score (nSPS) is 29.8. The van der Waals surface area contributed by atoms with Gasteiger partial charge in [0.2, 0.25) is 0 Å². The van der Waals surface area contributed by atoms with Gasteiger partial charge in [0.15, 0.2) is 0 Å². The third-order valence-electron chi connectivity index (χ3n) is 11.8. The zero-order chi connectivity index (χ0) is 36.5.